The zero-order valence-corrected chi connectivity index (χ0v) is 26.0. The van der Waals surface area contributed by atoms with Gasteiger partial charge >= 0.3 is 12.4 Å². The van der Waals surface area contributed by atoms with E-state index in [9.17, 15) is 23.2 Å². The molecule has 1 fully saturated rings. The Balaban J connectivity index is 1.28. The van der Waals surface area contributed by atoms with Crippen LogP contribution in [0.25, 0.3) is 22.6 Å². The smallest absolute Gasteiger partial charge is 0.406 e. The molecule has 2 heterocycles. The molecule has 236 valence electrons. The molecule has 0 spiro atoms. The maximum absolute atomic E-state index is 12.9. The number of para-hydroxylation sites is 1. The third kappa shape index (κ3) is 7.76. The minimum atomic E-state index is -4.77. The molecule has 0 radical (unpaired) electrons. The molecule has 13 heteroatoms. The quantitative estimate of drug-likeness (QED) is 0.204. The van der Waals surface area contributed by atoms with Gasteiger partial charge < -0.3 is 15.0 Å². The molecule has 1 N–H and O–H groups in total. The molecular weight excluding hydrogens is 615 g/mol. The van der Waals surface area contributed by atoms with Gasteiger partial charge in [-0.3, -0.25) is 0 Å². The fourth-order valence-corrected chi connectivity index (χ4v) is 6.09. The van der Waals surface area contributed by atoms with Crippen LogP contribution in [0.1, 0.15) is 44.2 Å². The number of carbonyl (C=O) groups is 1. The highest BCUT2D eigenvalue weighted by Gasteiger charge is 2.31. The van der Waals surface area contributed by atoms with Gasteiger partial charge in [-0.1, -0.05) is 68.1 Å². The number of nitrogens with zero attached hydrogens (tertiary/aromatic N) is 6. The van der Waals surface area contributed by atoms with Crippen molar-refractivity contribution in [1.82, 2.24) is 20.1 Å². The molecule has 5 rings (SSSR count). The second-order valence-corrected chi connectivity index (χ2v) is 11.8. The standard InChI is InChI=1S/C33H30F3N7O2S/c1-21(2)28-6-4-5-7-29(28)43-22(3)16-17-46-32(43)40-31(44)38-19-25(18-37)23-8-10-24(11-9-23)30-39-20-42(41-30)26-12-14-27(15-13-26)45-33(34,35)36/h4-15,19-22H,16-17H2,1-3H3,(H,38,44)/b25-19+,40-32?. The Morgan fingerprint density at radius 2 is 1.85 bits per heavy atom. The van der Waals surface area contributed by atoms with Gasteiger partial charge in [-0.15, -0.1) is 18.3 Å². The molecule has 3 aromatic carbocycles. The third-order valence-electron chi connectivity index (χ3n) is 7.17. The molecule has 2 amide bonds. The van der Waals surface area contributed by atoms with Crippen LogP contribution in [0.4, 0.5) is 23.7 Å². The summed E-state index contributed by atoms with van der Waals surface area (Å²) < 4.78 is 42.6. The van der Waals surface area contributed by atoms with Crippen molar-refractivity contribution in [2.24, 2.45) is 4.99 Å². The van der Waals surface area contributed by atoms with E-state index >= 15 is 0 Å². The molecule has 1 aliphatic rings. The van der Waals surface area contributed by atoms with Crippen LogP contribution >= 0.6 is 11.8 Å². The van der Waals surface area contributed by atoms with Crippen molar-refractivity contribution in [1.29, 1.82) is 5.26 Å². The van der Waals surface area contributed by atoms with Crippen LogP contribution in [0.15, 0.2) is 90.3 Å². The molecule has 46 heavy (non-hydrogen) atoms. The van der Waals surface area contributed by atoms with Gasteiger partial charge in [0, 0.05) is 29.2 Å². The van der Waals surface area contributed by atoms with Crippen molar-refractivity contribution in [3.63, 3.8) is 0 Å². The van der Waals surface area contributed by atoms with Crippen molar-refractivity contribution < 1.29 is 22.7 Å². The molecule has 1 atom stereocenters. The number of benzene rings is 3. The van der Waals surface area contributed by atoms with Gasteiger partial charge in [-0.05, 0) is 60.7 Å². The highest BCUT2D eigenvalue weighted by Crippen LogP contribution is 2.34. The molecule has 1 aliphatic heterocycles. The summed E-state index contributed by atoms with van der Waals surface area (Å²) in [7, 11) is 0. The number of halogens is 3. The number of nitrogens with one attached hydrogen (secondary N) is 1. The fourth-order valence-electron chi connectivity index (χ4n) is 4.88. The van der Waals surface area contributed by atoms with Crippen molar-refractivity contribution in [3.05, 3.63) is 96.5 Å². The van der Waals surface area contributed by atoms with Crippen LogP contribution in [0.2, 0.25) is 0 Å². The lowest BCUT2D eigenvalue weighted by atomic mass is 9.99. The lowest BCUT2D eigenvalue weighted by Gasteiger charge is -2.37. The number of amidine groups is 1. The third-order valence-corrected chi connectivity index (χ3v) is 8.16. The monoisotopic (exact) mass is 645 g/mol. The summed E-state index contributed by atoms with van der Waals surface area (Å²) in [5.41, 5.74) is 4.14. The number of rotatable bonds is 7. The van der Waals surface area contributed by atoms with Crippen LogP contribution in [0, 0.1) is 11.3 Å². The number of allylic oxidation sites excluding steroid dienone is 1. The number of carbonyl (C=O) groups excluding carboxylic acids is 1. The number of hydrogen-bond donors (Lipinski definition) is 1. The summed E-state index contributed by atoms with van der Waals surface area (Å²) in [6.45, 7) is 6.39. The van der Waals surface area contributed by atoms with Gasteiger partial charge in [-0.25, -0.2) is 14.5 Å². The Hall–Kier alpha value is -5.09. The van der Waals surface area contributed by atoms with E-state index in [0.717, 1.165) is 17.9 Å². The highest BCUT2D eigenvalue weighted by molar-refractivity contribution is 8.14. The molecule has 1 aromatic heterocycles. The zero-order valence-electron chi connectivity index (χ0n) is 25.2. The minimum absolute atomic E-state index is 0.163. The second-order valence-electron chi connectivity index (χ2n) is 10.7. The summed E-state index contributed by atoms with van der Waals surface area (Å²) >= 11 is 1.53. The Morgan fingerprint density at radius 3 is 2.52 bits per heavy atom. The van der Waals surface area contributed by atoms with Crippen LogP contribution in [0.3, 0.4) is 0 Å². The molecule has 9 nitrogen and oxygen atoms in total. The van der Waals surface area contributed by atoms with E-state index in [1.54, 1.807) is 24.3 Å². The number of urea groups is 1. The summed E-state index contributed by atoms with van der Waals surface area (Å²) in [6, 6.07) is 21.9. The Labute approximate surface area is 268 Å². The lowest BCUT2D eigenvalue weighted by molar-refractivity contribution is -0.274. The number of thioether (sulfide) groups is 1. The number of aromatic nitrogens is 3. The second kappa shape index (κ2) is 13.9. The average Bonchev–Trinajstić information content (AvgIpc) is 3.52. The van der Waals surface area contributed by atoms with E-state index < -0.39 is 12.4 Å². The maximum atomic E-state index is 12.9. The van der Waals surface area contributed by atoms with Gasteiger partial charge in [0.1, 0.15) is 18.1 Å². The first-order valence-corrected chi connectivity index (χ1v) is 15.4. The number of alkyl halides is 3. The van der Waals surface area contributed by atoms with E-state index in [-0.39, 0.29) is 17.4 Å². The highest BCUT2D eigenvalue weighted by atomic mass is 32.2. The van der Waals surface area contributed by atoms with Gasteiger partial charge in [-0.2, -0.15) is 10.3 Å². The number of aliphatic imine (C=N–C) groups is 1. The summed E-state index contributed by atoms with van der Waals surface area (Å²) in [4.78, 5) is 23.7. The van der Waals surface area contributed by atoms with Crippen molar-refractivity contribution >= 4 is 34.2 Å². The fraction of sp³-hybridized carbons (Fsp3) is 0.242. The number of ether oxygens (including phenoxy) is 1. The first-order chi connectivity index (χ1) is 22.0. The number of amides is 2. The topological polar surface area (TPSA) is 108 Å². The van der Waals surface area contributed by atoms with E-state index in [2.05, 4.69) is 69.0 Å². The first-order valence-electron chi connectivity index (χ1n) is 14.4. The van der Waals surface area contributed by atoms with Crippen molar-refractivity contribution in [3.8, 4) is 28.9 Å². The molecule has 1 unspecified atom stereocenters. The normalized spacial score (nSPS) is 16.4. The largest absolute Gasteiger partial charge is 0.573 e. The van der Waals surface area contributed by atoms with Gasteiger partial charge in [0.05, 0.1) is 11.3 Å². The Bertz CT molecular complexity index is 1790. The predicted molar refractivity (Wildman–Crippen MR) is 173 cm³/mol. The van der Waals surface area contributed by atoms with Gasteiger partial charge in [0.25, 0.3) is 0 Å². The van der Waals surface area contributed by atoms with Gasteiger partial charge in [0.2, 0.25) is 0 Å². The molecule has 0 saturated carbocycles. The van der Waals surface area contributed by atoms with Crippen LogP contribution in [-0.4, -0.2) is 44.1 Å². The number of anilines is 1. The minimum Gasteiger partial charge on any atom is -0.406 e. The molecular formula is C33H30F3N7O2S. The van der Waals surface area contributed by atoms with E-state index in [1.165, 1.54) is 58.8 Å². The number of hydrogen-bond acceptors (Lipinski definition) is 6. The predicted octanol–water partition coefficient (Wildman–Crippen LogP) is 7.92. The van der Waals surface area contributed by atoms with Crippen LogP contribution in [0.5, 0.6) is 5.75 Å². The summed E-state index contributed by atoms with van der Waals surface area (Å²) in [5.74, 6) is 1.17. The molecule has 4 aromatic rings. The summed E-state index contributed by atoms with van der Waals surface area (Å²) in [6.07, 6.45) is -1.04. The lowest BCUT2D eigenvalue weighted by Crippen LogP contribution is -2.42. The molecule has 0 aliphatic carbocycles. The van der Waals surface area contributed by atoms with E-state index in [0.29, 0.717) is 33.7 Å². The maximum Gasteiger partial charge on any atom is 0.573 e. The van der Waals surface area contributed by atoms with Crippen molar-refractivity contribution in [2.75, 3.05) is 10.7 Å². The number of nitriles is 1. The van der Waals surface area contributed by atoms with Crippen LogP contribution < -0.4 is 15.0 Å². The van der Waals surface area contributed by atoms with Crippen LogP contribution in [-0.2, 0) is 0 Å². The average molecular weight is 646 g/mol. The van der Waals surface area contributed by atoms with E-state index in [4.69, 9.17) is 0 Å². The van der Waals surface area contributed by atoms with Gasteiger partial charge in [0.15, 0.2) is 11.0 Å². The van der Waals surface area contributed by atoms with E-state index in [1.807, 2.05) is 12.1 Å². The molecule has 1 saturated heterocycles. The summed E-state index contributed by atoms with van der Waals surface area (Å²) in [5, 5.41) is 17.4. The SMILES string of the molecule is CC(C)c1ccccc1N1C(=NC(=O)N/C=C(\C#N)c2ccc(-c3ncn(-c4ccc(OC(F)(F)F)cc4)n3)cc2)SCCC1C. The van der Waals surface area contributed by atoms with Crippen molar-refractivity contribution in [2.45, 2.75) is 45.5 Å². The Morgan fingerprint density at radius 1 is 1.13 bits per heavy atom. The Kier molecular flexibility index (Phi) is 9.77. The zero-order chi connectivity index (χ0) is 32.8. The first kappa shape index (κ1) is 32.3. The molecule has 0 bridgehead atoms.